The van der Waals surface area contributed by atoms with E-state index in [2.05, 4.69) is 9.82 Å². The molecule has 0 aromatic carbocycles. The zero-order valence-electron chi connectivity index (χ0n) is 8.27. The molecule has 1 heterocycles. The van der Waals surface area contributed by atoms with E-state index in [1.165, 1.54) is 17.1 Å². The van der Waals surface area contributed by atoms with Crippen molar-refractivity contribution in [3.63, 3.8) is 0 Å². The first kappa shape index (κ1) is 11.7. The standard InChI is InChI=1S/C7H13N5O2S/c1-12-5-6(4-10-12)15(13,14)11-3-2-7(8)9/h4-5,11H,2-3H2,1H3,(H3,8,9). The van der Waals surface area contributed by atoms with Crippen LogP contribution < -0.4 is 10.5 Å². The number of sulfonamides is 1. The van der Waals surface area contributed by atoms with Crippen molar-refractivity contribution in [2.45, 2.75) is 11.3 Å². The SMILES string of the molecule is Cn1cc(S(=O)(=O)NCCC(=N)N)cn1. The molecule has 1 aromatic heterocycles. The van der Waals surface area contributed by atoms with Crippen LogP contribution in [0.3, 0.4) is 0 Å². The second-order valence-corrected chi connectivity index (χ2v) is 4.79. The molecule has 0 unspecified atom stereocenters. The number of amidine groups is 1. The van der Waals surface area contributed by atoms with E-state index >= 15 is 0 Å². The lowest BCUT2D eigenvalue weighted by atomic mass is 10.4. The van der Waals surface area contributed by atoms with E-state index in [-0.39, 0.29) is 23.7 Å². The fourth-order valence-electron chi connectivity index (χ4n) is 0.941. The van der Waals surface area contributed by atoms with E-state index in [1.807, 2.05) is 0 Å². The number of nitrogens with two attached hydrogens (primary N) is 1. The fourth-order valence-corrected chi connectivity index (χ4v) is 1.96. The van der Waals surface area contributed by atoms with Gasteiger partial charge in [-0.2, -0.15) is 5.10 Å². The minimum atomic E-state index is -3.52. The van der Waals surface area contributed by atoms with E-state index in [0.717, 1.165) is 0 Å². The Bertz CT molecular complexity index is 450. The van der Waals surface area contributed by atoms with E-state index in [9.17, 15) is 8.42 Å². The van der Waals surface area contributed by atoms with Gasteiger partial charge in [0.2, 0.25) is 10.0 Å². The van der Waals surface area contributed by atoms with Crippen molar-refractivity contribution in [2.24, 2.45) is 12.8 Å². The molecule has 7 nitrogen and oxygen atoms in total. The molecule has 0 radical (unpaired) electrons. The molecular weight excluding hydrogens is 218 g/mol. The molecule has 0 spiro atoms. The number of aromatic nitrogens is 2. The van der Waals surface area contributed by atoms with Gasteiger partial charge in [0.1, 0.15) is 4.90 Å². The van der Waals surface area contributed by atoms with Crippen molar-refractivity contribution in [1.82, 2.24) is 14.5 Å². The molecule has 0 saturated carbocycles. The zero-order valence-corrected chi connectivity index (χ0v) is 9.08. The number of hydrogen-bond donors (Lipinski definition) is 3. The summed E-state index contributed by atoms with van der Waals surface area (Å²) in [6.45, 7) is 0.118. The van der Waals surface area contributed by atoms with Gasteiger partial charge in [0.15, 0.2) is 0 Å². The zero-order chi connectivity index (χ0) is 11.5. The maximum atomic E-state index is 11.6. The maximum Gasteiger partial charge on any atom is 0.243 e. The van der Waals surface area contributed by atoms with E-state index < -0.39 is 10.0 Å². The molecule has 4 N–H and O–H groups in total. The summed E-state index contributed by atoms with van der Waals surface area (Å²) in [6.07, 6.45) is 2.85. The average molecular weight is 231 g/mol. The summed E-state index contributed by atoms with van der Waals surface area (Å²) in [5.41, 5.74) is 5.10. The lowest BCUT2D eigenvalue weighted by molar-refractivity contribution is 0.582. The Kier molecular flexibility index (Phi) is 3.43. The molecule has 1 aromatic rings. The molecule has 0 aliphatic carbocycles. The van der Waals surface area contributed by atoms with Gasteiger partial charge in [-0.15, -0.1) is 0 Å². The normalized spacial score (nSPS) is 11.5. The van der Waals surface area contributed by atoms with Crippen LogP contribution in [0, 0.1) is 5.41 Å². The van der Waals surface area contributed by atoms with Gasteiger partial charge in [-0.1, -0.05) is 0 Å². The second kappa shape index (κ2) is 4.41. The van der Waals surface area contributed by atoms with Crippen LogP contribution in [0.5, 0.6) is 0 Å². The largest absolute Gasteiger partial charge is 0.388 e. The Labute approximate surface area is 87.8 Å². The summed E-state index contributed by atoms with van der Waals surface area (Å²) >= 11 is 0. The van der Waals surface area contributed by atoms with Gasteiger partial charge in [-0.3, -0.25) is 10.1 Å². The van der Waals surface area contributed by atoms with Crippen molar-refractivity contribution in [3.8, 4) is 0 Å². The molecular formula is C7H13N5O2S. The smallest absolute Gasteiger partial charge is 0.243 e. The van der Waals surface area contributed by atoms with Crippen molar-refractivity contribution >= 4 is 15.9 Å². The lowest BCUT2D eigenvalue weighted by Gasteiger charge is -2.02. The number of nitrogens with zero attached hydrogens (tertiary/aromatic N) is 2. The van der Waals surface area contributed by atoms with E-state index in [0.29, 0.717) is 0 Å². The first-order chi connectivity index (χ1) is 6.92. The quantitative estimate of drug-likeness (QED) is 0.446. The minimum Gasteiger partial charge on any atom is -0.388 e. The lowest BCUT2D eigenvalue weighted by Crippen LogP contribution is -2.27. The summed E-state index contributed by atoms with van der Waals surface area (Å²) in [6, 6.07) is 0. The topological polar surface area (TPSA) is 114 Å². The van der Waals surface area contributed by atoms with Crippen LogP contribution in [-0.4, -0.2) is 30.6 Å². The number of nitrogens with one attached hydrogen (secondary N) is 2. The highest BCUT2D eigenvalue weighted by Crippen LogP contribution is 2.05. The van der Waals surface area contributed by atoms with Crippen molar-refractivity contribution in [1.29, 1.82) is 5.41 Å². The molecule has 0 saturated heterocycles. The van der Waals surface area contributed by atoms with E-state index in [4.69, 9.17) is 11.1 Å². The van der Waals surface area contributed by atoms with Gasteiger partial charge in [-0.25, -0.2) is 13.1 Å². The molecule has 0 fully saturated rings. The predicted molar refractivity (Wildman–Crippen MR) is 54.9 cm³/mol. The predicted octanol–water partition coefficient (Wildman–Crippen LogP) is -0.976. The number of hydrogen-bond acceptors (Lipinski definition) is 4. The molecule has 8 heteroatoms. The molecule has 0 amide bonds. The van der Waals surface area contributed by atoms with Crippen molar-refractivity contribution in [2.75, 3.05) is 6.54 Å². The highest BCUT2D eigenvalue weighted by molar-refractivity contribution is 7.89. The van der Waals surface area contributed by atoms with Gasteiger partial charge < -0.3 is 5.73 Å². The van der Waals surface area contributed by atoms with Crippen LogP contribution in [0.2, 0.25) is 0 Å². The molecule has 0 aliphatic heterocycles. The summed E-state index contributed by atoms with van der Waals surface area (Å²) in [5.74, 6) is -0.0520. The number of rotatable bonds is 5. The molecule has 0 atom stereocenters. The highest BCUT2D eigenvalue weighted by Gasteiger charge is 2.14. The Hall–Kier alpha value is -1.41. The van der Waals surface area contributed by atoms with Crippen molar-refractivity contribution in [3.05, 3.63) is 12.4 Å². The number of aryl methyl sites for hydroxylation is 1. The van der Waals surface area contributed by atoms with Gasteiger partial charge in [-0.05, 0) is 0 Å². The third kappa shape index (κ3) is 3.33. The minimum absolute atomic E-state index is 0.0520. The highest BCUT2D eigenvalue weighted by atomic mass is 32.2. The molecule has 0 bridgehead atoms. The summed E-state index contributed by atoms with van der Waals surface area (Å²) in [7, 11) is -1.89. The Morgan fingerprint density at radius 2 is 2.40 bits per heavy atom. The molecule has 0 aliphatic rings. The molecule has 15 heavy (non-hydrogen) atoms. The van der Waals surface area contributed by atoms with Crippen LogP contribution in [0.25, 0.3) is 0 Å². The third-order valence-corrected chi connectivity index (χ3v) is 3.09. The van der Waals surface area contributed by atoms with Crippen LogP contribution in [0.4, 0.5) is 0 Å². The average Bonchev–Trinajstić information content (AvgIpc) is 2.51. The fraction of sp³-hybridized carbons (Fsp3) is 0.429. The second-order valence-electron chi connectivity index (χ2n) is 3.02. The van der Waals surface area contributed by atoms with Crippen LogP contribution >= 0.6 is 0 Å². The van der Waals surface area contributed by atoms with Gasteiger partial charge in [0.25, 0.3) is 0 Å². The molecule has 84 valence electrons. The van der Waals surface area contributed by atoms with Crippen LogP contribution in [-0.2, 0) is 17.1 Å². The first-order valence-corrected chi connectivity index (χ1v) is 5.71. The molecule has 1 rings (SSSR count). The summed E-state index contributed by atoms with van der Waals surface area (Å²) in [5, 5.41) is 10.7. The Morgan fingerprint density at radius 1 is 1.73 bits per heavy atom. The van der Waals surface area contributed by atoms with Gasteiger partial charge in [0.05, 0.1) is 12.0 Å². The Morgan fingerprint density at radius 3 is 2.87 bits per heavy atom. The van der Waals surface area contributed by atoms with Crippen molar-refractivity contribution < 1.29 is 8.42 Å². The van der Waals surface area contributed by atoms with E-state index in [1.54, 1.807) is 7.05 Å². The Balaban J connectivity index is 2.64. The first-order valence-electron chi connectivity index (χ1n) is 4.23. The third-order valence-electron chi connectivity index (χ3n) is 1.68. The van der Waals surface area contributed by atoms with Gasteiger partial charge >= 0.3 is 0 Å². The van der Waals surface area contributed by atoms with Crippen LogP contribution in [0.15, 0.2) is 17.3 Å². The summed E-state index contributed by atoms with van der Waals surface area (Å²) in [4.78, 5) is 0.105. The van der Waals surface area contributed by atoms with Gasteiger partial charge in [0, 0.05) is 26.2 Å². The summed E-state index contributed by atoms with van der Waals surface area (Å²) < 4.78 is 26.8. The van der Waals surface area contributed by atoms with Crippen LogP contribution in [0.1, 0.15) is 6.42 Å². The maximum absolute atomic E-state index is 11.6. The monoisotopic (exact) mass is 231 g/mol.